The van der Waals surface area contributed by atoms with Gasteiger partial charge in [0.15, 0.2) is 5.82 Å². The lowest BCUT2D eigenvalue weighted by atomic mass is 10.2. The van der Waals surface area contributed by atoms with E-state index in [2.05, 4.69) is 36.2 Å². The Bertz CT molecular complexity index is 299. The molecule has 1 aromatic heterocycles. The number of hydrogen-bond acceptors (Lipinski definition) is 4. The summed E-state index contributed by atoms with van der Waals surface area (Å²) in [7, 11) is 0. The van der Waals surface area contributed by atoms with Gasteiger partial charge in [-0.15, -0.1) is 0 Å². The molecule has 98 valence electrons. The topological polar surface area (TPSA) is 51.0 Å². The SMILES string of the molecule is CCCCc1noc(CCC(C)NCCC)n1. The standard InChI is InChI=1S/C13H25N3O/c1-4-6-7-12-15-13(17-16-12)9-8-11(3)14-10-5-2/h11,14H,4-10H2,1-3H3. The van der Waals surface area contributed by atoms with Crippen LogP contribution >= 0.6 is 0 Å². The van der Waals surface area contributed by atoms with Crippen LogP contribution in [0.2, 0.25) is 0 Å². The predicted octanol–water partition coefficient (Wildman–Crippen LogP) is 2.73. The van der Waals surface area contributed by atoms with Gasteiger partial charge in [-0.3, -0.25) is 0 Å². The van der Waals surface area contributed by atoms with Crippen molar-refractivity contribution in [3.8, 4) is 0 Å². The van der Waals surface area contributed by atoms with Gasteiger partial charge in [-0.1, -0.05) is 25.4 Å². The molecule has 0 fully saturated rings. The fraction of sp³-hybridized carbons (Fsp3) is 0.846. The van der Waals surface area contributed by atoms with Crippen LogP contribution in [0.5, 0.6) is 0 Å². The van der Waals surface area contributed by atoms with Crippen molar-refractivity contribution < 1.29 is 4.52 Å². The molecule has 0 saturated heterocycles. The van der Waals surface area contributed by atoms with Crippen LogP contribution in [0, 0.1) is 0 Å². The summed E-state index contributed by atoms with van der Waals surface area (Å²) in [6.07, 6.45) is 6.33. The Labute approximate surface area is 104 Å². The second kappa shape index (κ2) is 8.23. The fourth-order valence-corrected chi connectivity index (χ4v) is 1.66. The molecule has 0 aliphatic heterocycles. The van der Waals surface area contributed by atoms with E-state index in [4.69, 9.17) is 4.52 Å². The number of hydrogen-bond donors (Lipinski definition) is 1. The summed E-state index contributed by atoms with van der Waals surface area (Å²) in [4.78, 5) is 4.39. The summed E-state index contributed by atoms with van der Waals surface area (Å²) < 4.78 is 5.23. The van der Waals surface area contributed by atoms with Crippen LogP contribution in [-0.2, 0) is 12.8 Å². The molecule has 1 heterocycles. The number of rotatable bonds is 9. The van der Waals surface area contributed by atoms with E-state index >= 15 is 0 Å². The third-order valence-electron chi connectivity index (χ3n) is 2.80. The molecule has 0 aliphatic carbocycles. The molecule has 4 nitrogen and oxygen atoms in total. The second-order valence-corrected chi connectivity index (χ2v) is 4.60. The Balaban J connectivity index is 2.24. The van der Waals surface area contributed by atoms with Gasteiger partial charge >= 0.3 is 0 Å². The Morgan fingerprint density at radius 1 is 1.24 bits per heavy atom. The first-order valence-corrected chi connectivity index (χ1v) is 6.81. The number of unbranched alkanes of at least 4 members (excludes halogenated alkanes) is 1. The molecule has 0 radical (unpaired) electrons. The maximum Gasteiger partial charge on any atom is 0.226 e. The van der Waals surface area contributed by atoms with Gasteiger partial charge in [0.1, 0.15) is 0 Å². The lowest BCUT2D eigenvalue weighted by Crippen LogP contribution is -2.27. The molecule has 4 heteroatoms. The highest BCUT2D eigenvalue weighted by Gasteiger charge is 2.08. The summed E-state index contributed by atoms with van der Waals surface area (Å²) in [5.41, 5.74) is 0. The molecular weight excluding hydrogens is 214 g/mol. The lowest BCUT2D eigenvalue weighted by Gasteiger charge is -2.10. The van der Waals surface area contributed by atoms with Gasteiger partial charge < -0.3 is 9.84 Å². The van der Waals surface area contributed by atoms with E-state index in [1.165, 1.54) is 12.8 Å². The Morgan fingerprint density at radius 2 is 2.06 bits per heavy atom. The maximum absolute atomic E-state index is 5.23. The summed E-state index contributed by atoms with van der Waals surface area (Å²) in [6.45, 7) is 7.62. The number of aryl methyl sites for hydroxylation is 2. The molecule has 0 spiro atoms. The molecule has 17 heavy (non-hydrogen) atoms. The number of nitrogens with zero attached hydrogens (tertiary/aromatic N) is 2. The third kappa shape index (κ3) is 5.82. The lowest BCUT2D eigenvalue weighted by molar-refractivity contribution is 0.362. The Hall–Kier alpha value is -0.900. The Kier molecular flexibility index (Phi) is 6.86. The molecule has 1 aromatic rings. The molecule has 1 rings (SSSR count). The highest BCUT2D eigenvalue weighted by Crippen LogP contribution is 2.05. The summed E-state index contributed by atoms with van der Waals surface area (Å²) in [5, 5.41) is 7.44. The zero-order valence-corrected chi connectivity index (χ0v) is 11.3. The summed E-state index contributed by atoms with van der Waals surface area (Å²) in [5.74, 6) is 1.64. The molecule has 0 saturated carbocycles. The summed E-state index contributed by atoms with van der Waals surface area (Å²) in [6, 6.07) is 0.515. The van der Waals surface area contributed by atoms with Gasteiger partial charge in [-0.25, -0.2) is 0 Å². The van der Waals surface area contributed by atoms with Crippen molar-refractivity contribution in [1.82, 2.24) is 15.5 Å². The van der Waals surface area contributed by atoms with Crippen LogP contribution in [-0.4, -0.2) is 22.7 Å². The molecule has 1 N–H and O–H groups in total. The first-order valence-electron chi connectivity index (χ1n) is 6.81. The van der Waals surface area contributed by atoms with E-state index in [-0.39, 0.29) is 0 Å². The van der Waals surface area contributed by atoms with Crippen LogP contribution in [0.3, 0.4) is 0 Å². The van der Waals surface area contributed by atoms with Gasteiger partial charge in [-0.2, -0.15) is 4.98 Å². The zero-order valence-electron chi connectivity index (χ0n) is 11.3. The maximum atomic E-state index is 5.23. The van der Waals surface area contributed by atoms with E-state index in [9.17, 15) is 0 Å². The monoisotopic (exact) mass is 239 g/mol. The van der Waals surface area contributed by atoms with Gasteiger partial charge in [0, 0.05) is 18.9 Å². The highest BCUT2D eigenvalue weighted by atomic mass is 16.5. The first kappa shape index (κ1) is 14.2. The quantitative estimate of drug-likeness (QED) is 0.720. The summed E-state index contributed by atoms with van der Waals surface area (Å²) >= 11 is 0. The second-order valence-electron chi connectivity index (χ2n) is 4.60. The minimum atomic E-state index is 0.515. The van der Waals surface area contributed by atoms with Crippen LogP contribution < -0.4 is 5.32 Å². The van der Waals surface area contributed by atoms with E-state index in [1.54, 1.807) is 0 Å². The molecule has 1 unspecified atom stereocenters. The first-order chi connectivity index (χ1) is 8.26. The van der Waals surface area contributed by atoms with Gasteiger partial charge in [0.25, 0.3) is 0 Å². The minimum Gasteiger partial charge on any atom is -0.339 e. The molecule has 0 aromatic carbocycles. The van der Waals surface area contributed by atoms with Crippen molar-refractivity contribution in [2.24, 2.45) is 0 Å². The van der Waals surface area contributed by atoms with E-state index in [0.29, 0.717) is 6.04 Å². The van der Waals surface area contributed by atoms with Crippen LogP contribution in [0.1, 0.15) is 58.2 Å². The minimum absolute atomic E-state index is 0.515. The van der Waals surface area contributed by atoms with Gasteiger partial charge in [-0.05, 0) is 32.7 Å². The average Bonchev–Trinajstić information content (AvgIpc) is 2.79. The van der Waals surface area contributed by atoms with Crippen molar-refractivity contribution in [3.05, 3.63) is 11.7 Å². The van der Waals surface area contributed by atoms with E-state index in [1.807, 2.05) is 0 Å². The number of aromatic nitrogens is 2. The van der Waals surface area contributed by atoms with Crippen molar-refractivity contribution in [3.63, 3.8) is 0 Å². The highest BCUT2D eigenvalue weighted by molar-refractivity contribution is 4.87. The van der Waals surface area contributed by atoms with Crippen molar-refractivity contribution in [2.45, 2.75) is 65.3 Å². The third-order valence-corrected chi connectivity index (χ3v) is 2.80. The van der Waals surface area contributed by atoms with Crippen LogP contribution in [0.25, 0.3) is 0 Å². The molecule has 0 bridgehead atoms. The predicted molar refractivity (Wildman–Crippen MR) is 69.0 cm³/mol. The van der Waals surface area contributed by atoms with E-state index < -0.39 is 0 Å². The van der Waals surface area contributed by atoms with E-state index in [0.717, 1.165) is 43.9 Å². The smallest absolute Gasteiger partial charge is 0.226 e. The Morgan fingerprint density at radius 3 is 2.76 bits per heavy atom. The van der Waals surface area contributed by atoms with Gasteiger partial charge in [0.2, 0.25) is 5.89 Å². The van der Waals surface area contributed by atoms with Crippen molar-refractivity contribution in [2.75, 3.05) is 6.54 Å². The van der Waals surface area contributed by atoms with Gasteiger partial charge in [0.05, 0.1) is 0 Å². The zero-order chi connectivity index (χ0) is 12.5. The normalized spacial score (nSPS) is 12.9. The fourth-order valence-electron chi connectivity index (χ4n) is 1.66. The van der Waals surface area contributed by atoms with Crippen LogP contribution in [0.4, 0.5) is 0 Å². The van der Waals surface area contributed by atoms with Crippen molar-refractivity contribution >= 4 is 0 Å². The number of nitrogens with one attached hydrogen (secondary N) is 1. The molecule has 0 aliphatic rings. The largest absolute Gasteiger partial charge is 0.339 e. The van der Waals surface area contributed by atoms with Crippen molar-refractivity contribution in [1.29, 1.82) is 0 Å². The molecular formula is C13H25N3O. The average molecular weight is 239 g/mol. The molecule has 1 atom stereocenters. The van der Waals surface area contributed by atoms with Crippen LogP contribution in [0.15, 0.2) is 4.52 Å². The molecule has 0 amide bonds.